The number of nitrogen functional groups attached to an aromatic ring is 1. The van der Waals surface area contributed by atoms with Crippen molar-refractivity contribution >= 4 is 11.7 Å². The number of nitrogens with one attached hydrogen (secondary N) is 1. The SMILES string of the molecule is Cc1[nH]nc(N)c1C(=O)N(C)C1CCCC1. The minimum absolute atomic E-state index is 0.0179. The number of H-pyrrole nitrogens is 1. The standard InChI is InChI=1S/C11H18N4O/c1-7-9(10(12)14-13-7)11(16)15(2)8-5-3-4-6-8/h8H,3-6H2,1-2H3,(H3,12,13,14). The molecule has 0 saturated heterocycles. The predicted octanol–water partition coefficient (Wildman–Crippen LogP) is 1.31. The molecule has 1 saturated carbocycles. The van der Waals surface area contributed by atoms with E-state index in [1.807, 2.05) is 14.0 Å². The maximum atomic E-state index is 12.2. The van der Waals surface area contributed by atoms with Gasteiger partial charge in [-0.3, -0.25) is 9.89 Å². The van der Waals surface area contributed by atoms with Crippen LogP contribution in [0, 0.1) is 6.92 Å². The van der Waals surface area contributed by atoms with Crippen molar-refractivity contribution in [2.75, 3.05) is 12.8 Å². The number of carbonyl (C=O) groups is 1. The second-order valence-corrected chi connectivity index (χ2v) is 4.46. The molecule has 88 valence electrons. The third-order valence-electron chi connectivity index (χ3n) is 3.38. The van der Waals surface area contributed by atoms with Gasteiger partial charge in [0.25, 0.3) is 5.91 Å². The largest absolute Gasteiger partial charge is 0.382 e. The molecule has 0 unspecified atom stereocenters. The summed E-state index contributed by atoms with van der Waals surface area (Å²) in [6.07, 6.45) is 4.61. The highest BCUT2D eigenvalue weighted by Crippen LogP contribution is 2.25. The molecular formula is C11H18N4O. The lowest BCUT2D eigenvalue weighted by atomic mass is 10.1. The van der Waals surface area contributed by atoms with E-state index in [2.05, 4.69) is 10.2 Å². The molecule has 1 fully saturated rings. The van der Waals surface area contributed by atoms with Crippen molar-refractivity contribution in [1.29, 1.82) is 0 Å². The third kappa shape index (κ3) is 1.77. The van der Waals surface area contributed by atoms with Crippen LogP contribution < -0.4 is 5.73 Å². The molecule has 1 aliphatic rings. The number of nitrogens with two attached hydrogens (primary N) is 1. The van der Waals surface area contributed by atoms with Crippen molar-refractivity contribution < 1.29 is 4.79 Å². The van der Waals surface area contributed by atoms with E-state index in [0.717, 1.165) is 18.5 Å². The lowest BCUT2D eigenvalue weighted by molar-refractivity contribution is 0.0735. The summed E-state index contributed by atoms with van der Waals surface area (Å²) in [6.45, 7) is 1.82. The van der Waals surface area contributed by atoms with E-state index in [9.17, 15) is 4.79 Å². The Hall–Kier alpha value is -1.52. The van der Waals surface area contributed by atoms with Gasteiger partial charge in [0.15, 0.2) is 5.82 Å². The summed E-state index contributed by atoms with van der Waals surface area (Å²) in [4.78, 5) is 14.0. The number of rotatable bonds is 2. The number of aromatic amines is 1. The van der Waals surface area contributed by atoms with E-state index in [-0.39, 0.29) is 5.91 Å². The molecule has 3 N–H and O–H groups in total. The average Bonchev–Trinajstić information content (AvgIpc) is 2.87. The van der Waals surface area contributed by atoms with E-state index in [1.54, 1.807) is 4.90 Å². The molecule has 1 heterocycles. The molecule has 1 aliphatic carbocycles. The molecule has 0 atom stereocenters. The molecule has 5 nitrogen and oxygen atoms in total. The summed E-state index contributed by atoms with van der Waals surface area (Å²) < 4.78 is 0. The second-order valence-electron chi connectivity index (χ2n) is 4.46. The average molecular weight is 222 g/mol. The summed E-state index contributed by atoms with van der Waals surface area (Å²) in [7, 11) is 1.85. The fourth-order valence-corrected chi connectivity index (χ4v) is 2.35. The van der Waals surface area contributed by atoms with Crippen LogP contribution in [0.3, 0.4) is 0 Å². The van der Waals surface area contributed by atoms with Gasteiger partial charge in [0.1, 0.15) is 5.56 Å². The molecule has 2 rings (SSSR count). The number of carbonyl (C=O) groups excluding carboxylic acids is 1. The molecule has 0 aromatic carbocycles. The Morgan fingerprint density at radius 3 is 2.62 bits per heavy atom. The summed E-state index contributed by atoms with van der Waals surface area (Å²) in [5.41, 5.74) is 6.95. The van der Waals surface area contributed by atoms with Gasteiger partial charge in [-0.05, 0) is 19.8 Å². The van der Waals surface area contributed by atoms with Crippen LogP contribution >= 0.6 is 0 Å². The highest BCUT2D eigenvalue weighted by atomic mass is 16.2. The minimum Gasteiger partial charge on any atom is -0.382 e. The Labute approximate surface area is 95.0 Å². The van der Waals surface area contributed by atoms with Gasteiger partial charge in [-0.2, -0.15) is 5.10 Å². The Kier molecular flexibility index (Phi) is 2.85. The molecule has 1 aromatic rings. The predicted molar refractivity (Wildman–Crippen MR) is 62.1 cm³/mol. The van der Waals surface area contributed by atoms with E-state index in [1.165, 1.54) is 12.8 Å². The Morgan fingerprint density at radius 2 is 2.12 bits per heavy atom. The van der Waals surface area contributed by atoms with Crippen LogP contribution in [-0.2, 0) is 0 Å². The first kappa shape index (κ1) is 11.0. The van der Waals surface area contributed by atoms with Crippen molar-refractivity contribution in [2.24, 2.45) is 0 Å². The first-order valence-corrected chi connectivity index (χ1v) is 5.69. The number of nitrogens with zero attached hydrogens (tertiary/aromatic N) is 2. The Balaban J connectivity index is 2.18. The molecule has 0 spiro atoms. The zero-order chi connectivity index (χ0) is 11.7. The smallest absolute Gasteiger partial charge is 0.259 e. The highest BCUT2D eigenvalue weighted by Gasteiger charge is 2.27. The van der Waals surface area contributed by atoms with Crippen molar-refractivity contribution in [3.8, 4) is 0 Å². The first-order chi connectivity index (χ1) is 7.61. The number of amides is 1. The summed E-state index contributed by atoms with van der Waals surface area (Å²) in [5, 5.41) is 6.59. The lowest BCUT2D eigenvalue weighted by Gasteiger charge is -2.24. The van der Waals surface area contributed by atoms with E-state index in [4.69, 9.17) is 5.73 Å². The van der Waals surface area contributed by atoms with Crippen LogP contribution in [-0.4, -0.2) is 34.1 Å². The fourth-order valence-electron chi connectivity index (χ4n) is 2.35. The van der Waals surface area contributed by atoms with Gasteiger partial charge in [0.2, 0.25) is 0 Å². The van der Waals surface area contributed by atoms with Crippen LogP contribution in [0.5, 0.6) is 0 Å². The van der Waals surface area contributed by atoms with Crippen LogP contribution in [0.15, 0.2) is 0 Å². The molecule has 0 bridgehead atoms. The monoisotopic (exact) mass is 222 g/mol. The maximum Gasteiger partial charge on any atom is 0.259 e. The van der Waals surface area contributed by atoms with Gasteiger partial charge in [-0.15, -0.1) is 0 Å². The molecule has 0 aliphatic heterocycles. The van der Waals surface area contributed by atoms with Gasteiger partial charge in [-0.25, -0.2) is 0 Å². The maximum absolute atomic E-state index is 12.2. The van der Waals surface area contributed by atoms with Gasteiger partial charge in [-0.1, -0.05) is 12.8 Å². The molecule has 0 radical (unpaired) electrons. The molecular weight excluding hydrogens is 204 g/mol. The highest BCUT2D eigenvalue weighted by molar-refractivity contribution is 5.99. The molecule has 5 heteroatoms. The van der Waals surface area contributed by atoms with Gasteiger partial charge in [0, 0.05) is 18.8 Å². The zero-order valence-electron chi connectivity index (χ0n) is 9.79. The van der Waals surface area contributed by atoms with E-state index < -0.39 is 0 Å². The van der Waals surface area contributed by atoms with Crippen molar-refractivity contribution in [2.45, 2.75) is 38.6 Å². The molecule has 16 heavy (non-hydrogen) atoms. The quantitative estimate of drug-likeness (QED) is 0.792. The third-order valence-corrected chi connectivity index (χ3v) is 3.38. The number of hydrogen-bond donors (Lipinski definition) is 2. The van der Waals surface area contributed by atoms with Crippen LogP contribution in [0.4, 0.5) is 5.82 Å². The second kappa shape index (κ2) is 4.15. The number of aromatic nitrogens is 2. The number of hydrogen-bond acceptors (Lipinski definition) is 3. The van der Waals surface area contributed by atoms with E-state index in [0.29, 0.717) is 17.4 Å². The summed E-state index contributed by atoms with van der Waals surface area (Å²) >= 11 is 0. The first-order valence-electron chi connectivity index (χ1n) is 5.69. The van der Waals surface area contributed by atoms with Gasteiger partial charge < -0.3 is 10.6 Å². The van der Waals surface area contributed by atoms with Crippen molar-refractivity contribution in [3.05, 3.63) is 11.3 Å². The topological polar surface area (TPSA) is 75.0 Å². The Bertz CT molecular complexity index is 373. The number of aryl methyl sites for hydroxylation is 1. The van der Waals surface area contributed by atoms with Crippen molar-refractivity contribution in [1.82, 2.24) is 15.1 Å². The van der Waals surface area contributed by atoms with Crippen molar-refractivity contribution in [3.63, 3.8) is 0 Å². The summed E-state index contributed by atoms with van der Waals surface area (Å²) in [6, 6.07) is 0.362. The van der Waals surface area contributed by atoms with Gasteiger partial charge in [0.05, 0.1) is 0 Å². The summed E-state index contributed by atoms with van der Waals surface area (Å²) in [5.74, 6) is 0.281. The fraction of sp³-hybridized carbons (Fsp3) is 0.636. The zero-order valence-corrected chi connectivity index (χ0v) is 9.79. The number of anilines is 1. The van der Waals surface area contributed by atoms with Gasteiger partial charge >= 0.3 is 0 Å². The van der Waals surface area contributed by atoms with Crippen LogP contribution in [0.25, 0.3) is 0 Å². The normalized spacial score (nSPS) is 16.6. The van der Waals surface area contributed by atoms with E-state index >= 15 is 0 Å². The van der Waals surface area contributed by atoms with Crippen LogP contribution in [0.1, 0.15) is 41.7 Å². The Morgan fingerprint density at radius 1 is 1.50 bits per heavy atom. The lowest BCUT2D eigenvalue weighted by Crippen LogP contribution is -2.35. The molecule has 1 amide bonds. The van der Waals surface area contributed by atoms with Crippen LogP contribution in [0.2, 0.25) is 0 Å². The molecule has 1 aromatic heterocycles. The minimum atomic E-state index is -0.0179.